The fourth-order valence-electron chi connectivity index (χ4n) is 2.82. The molecule has 2 aromatic carbocycles. The van der Waals surface area contributed by atoms with Crippen LogP contribution in [0.4, 0.5) is 13.2 Å². The number of carbonyl (C=O) groups excluding carboxylic acids is 1. The van der Waals surface area contributed by atoms with Crippen LogP contribution in [-0.2, 0) is 11.2 Å². The summed E-state index contributed by atoms with van der Waals surface area (Å²) in [5, 5.41) is 14.3. The van der Waals surface area contributed by atoms with Gasteiger partial charge in [-0.15, -0.1) is 0 Å². The van der Waals surface area contributed by atoms with E-state index >= 15 is 0 Å². The number of rotatable bonds is 4. The van der Waals surface area contributed by atoms with E-state index in [1.807, 2.05) is 0 Å². The molecule has 1 N–H and O–H groups in total. The highest BCUT2D eigenvalue weighted by molar-refractivity contribution is 9.10. The number of alkyl halides is 3. The number of halogens is 4. The molecule has 28 heavy (non-hydrogen) atoms. The maximum absolute atomic E-state index is 13.6. The van der Waals surface area contributed by atoms with Gasteiger partial charge >= 0.3 is 6.18 Å². The number of hydrogen-bond donors (Lipinski definition) is 1. The van der Waals surface area contributed by atoms with Gasteiger partial charge in [-0.2, -0.15) is 23.3 Å². The number of amides is 1. The van der Waals surface area contributed by atoms with E-state index in [4.69, 9.17) is 4.74 Å². The lowest BCUT2D eigenvalue weighted by Crippen LogP contribution is -2.57. The Morgan fingerprint density at radius 1 is 1.21 bits per heavy atom. The van der Waals surface area contributed by atoms with Crippen molar-refractivity contribution < 1.29 is 27.8 Å². The molecule has 0 saturated carbocycles. The average Bonchev–Trinajstić information content (AvgIpc) is 3.02. The van der Waals surface area contributed by atoms with E-state index in [-0.39, 0.29) is 17.1 Å². The van der Waals surface area contributed by atoms with Crippen LogP contribution in [-0.4, -0.2) is 40.7 Å². The maximum atomic E-state index is 13.6. The summed E-state index contributed by atoms with van der Waals surface area (Å²) in [6.07, 6.45) is -6.25. The summed E-state index contributed by atoms with van der Waals surface area (Å²) in [7, 11) is 1.48. The molecule has 0 spiro atoms. The van der Waals surface area contributed by atoms with E-state index in [0.717, 1.165) is 4.47 Å². The molecule has 1 atom stereocenters. The lowest BCUT2D eigenvalue weighted by Gasteiger charge is -2.32. The highest BCUT2D eigenvalue weighted by atomic mass is 79.9. The zero-order valence-corrected chi connectivity index (χ0v) is 16.3. The molecule has 9 heteroatoms. The molecular formula is C19H16BrF3N2O3. The Labute approximate surface area is 167 Å². The molecular weight excluding hydrogens is 441 g/mol. The van der Waals surface area contributed by atoms with Gasteiger partial charge in [0.05, 0.1) is 25.7 Å². The van der Waals surface area contributed by atoms with E-state index in [1.165, 1.54) is 7.11 Å². The van der Waals surface area contributed by atoms with E-state index in [0.29, 0.717) is 16.9 Å². The van der Waals surface area contributed by atoms with Gasteiger partial charge in [0.25, 0.3) is 5.72 Å². The molecule has 5 nitrogen and oxygen atoms in total. The van der Waals surface area contributed by atoms with E-state index < -0.39 is 24.2 Å². The predicted octanol–water partition coefficient (Wildman–Crippen LogP) is 3.89. The van der Waals surface area contributed by atoms with Crippen molar-refractivity contribution in [1.29, 1.82) is 0 Å². The van der Waals surface area contributed by atoms with Crippen LogP contribution in [0, 0.1) is 0 Å². The first kappa shape index (κ1) is 20.3. The fraction of sp³-hybridized carbons (Fsp3) is 0.263. The molecule has 2 aromatic rings. The molecule has 148 valence electrons. The SMILES string of the molecule is COc1ccc(CC(=O)N2N=C(c3ccc(Br)cc3)C[C@@]2(O)C(F)(F)F)cc1. The number of hydrazone groups is 1. The van der Waals surface area contributed by atoms with E-state index in [2.05, 4.69) is 21.0 Å². The summed E-state index contributed by atoms with van der Waals surface area (Å²) in [5.41, 5.74) is -2.54. The van der Waals surface area contributed by atoms with Crippen LogP contribution in [0.3, 0.4) is 0 Å². The Morgan fingerprint density at radius 2 is 1.82 bits per heavy atom. The van der Waals surface area contributed by atoms with Gasteiger partial charge in [-0.1, -0.05) is 40.2 Å². The van der Waals surface area contributed by atoms with Gasteiger partial charge < -0.3 is 9.84 Å². The number of nitrogens with zero attached hydrogens (tertiary/aromatic N) is 2. The summed E-state index contributed by atoms with van der Waals surface area (Å²) < 4.78 is 46.6. The normalized spacial score (nSPS) is 19.5. The quantitative estimate of drug-likeness (QED) is 0.758. The molecule has 0 aliphatic carbocycles. The minimum Gasteiger partial charge on any atom is -0.497 e. The lowest BCUT2D eigenvalue weighted by atomic mass is 10.0. The monoisotopic (exact) mass is 456 g/mol. The van der Waals surface area contributed by atoms with Crippen LogP contribution in [0.15, 0.2) is 58.1 Å². The van der Waals surface area contributed by atoms with Crippen LogP contribution in [0.25, 0.3) is 0 Å². The van der Waals surface area contributed by atoms with Gasteiger partial charge in [0, 0.05) is 4.47 Å². The topological polar surface area (TPSA) is 62.1 Å². The third kappa shape index (κ3) is 3.90. The van der Waals surface area contributed by atoms with Crippen molar-refractivity contribution in [3.8, 4) is 5.75 Å². The third-order valence-electron chi connectivity index (χ3n) is 4.37. The van der Waals surface area contributed by atoms with Crippen LogP contribution in [0.1, 0.15) is 17.5 Å². The molecule has 3 rings (SSSR count). The summed E-state index contributed by atoms with van der Waals surface area (Å²) in [5.74, 6) is -0.406. The number of hydrogen-bond acceptors (Lipinski definition) is 4. The Kier molecular flexibility index (Phi) is 5.49. The van der Waals surface area contributed by atoms with Crippen molar-refractivity contribution in [2.75, 3.05) is 7.11 Å². The number of carbonyl (C=O) groups is 1. The van der Waals surface area contributed by atoms with Gasteiger partial charge in [-0.25, -0.2) is 0 Å². The first-order valence-electron chi connectivity index (χ1n) is 8.22. The first-order chi connectivity index (χ1) is 13.1. The Hall–Kier alpha value is -2.39. The van der Waals surface area contributed by atoms with Crippen molar-refractivity contribution in [1.82, 2.24) is 5.01 Å². The molecule has 0 fully saturated rings. The number of ether oxygens (including phenoxy) is 1. The smallest absolute Gasteiger partial charge is 0.438 e. The molecule has 0 aromatic heterocycles. The van der Waals surface area contributed by atoms with Crippen molar-refractivity contribution >= 4 is 27.5 Å². The van der Waals surface area contributed by atoms with Gasteiger partial charge in [0.15, 0.2) is 0 Å². The molecule has 0 saturated heterocycles. The molecule has 0 unspecified atom stereocenters. The number of methoxy groups -OCH3 is 1. The van der Waals surface area contributed by atoms with Crippen molar-refractivity contribution in [3.63, 3.8) is 0 Å². The Balaban J connectivity index is 1.90. The summed E-state index contributed by atoms with van der Waals surface area (Å²) >= 11 is 3.25. The third-order valence-corrected chi connectivity index (χ3v) is 4.90. The van der Waals surface area contributed by atoms with Crippen LogP contribution in [0.2, 0.25) is 0 Å². The van der Waals surface area contributed by atoms with Gasteiger partial charge in [-0.05, 0) is 35.4 Å². The van der Waals surface area contributed by atoms with Crippen LogP contribution >= 0.6 is 15.9 Å². The zero-order valence-electron chi connectivity index (χ0n) is 14.7. The van der Waals surface area contributed by atoms with Crippen LogP contribution < -0.4 is 4.74 Å². The summed E-state index contributed by atoms with van der Waals surface area (Å²) in [4.78, 5) is 12.6. The largest absolute Gasteiger partial charge is 0.497 e. The zero-order chi connectivity index (χ0) is 20.5. The van der Waals surface area contributed by atoms with Crippen molar-refractivity contribution in [2.45, 2.75) is 24.7 Å². The molecule has 1 amide bonds. The van der Waals surface area contributed by atoms with Crippen LogP contribution in [0.5, 0.6) is 5.75 Å². The minimum atomic E-state index is -5.07. The lowest BCUT2D eigenvalue weighted by molar-refractivity contribution is -0.302. The standard InChI is InChI=1S/C19H16BrF3N2O3/c1-28-15-8-2-12(3-9-15)10-17(26)25-18(27,19(21,22)23)11-16(24-25)13-4-6-14(20)7-5-13/h2-9,27H,10-11H2,1H3/t18-/m1/s1. The van der Waals surface area contributed by atoms with Gasteiger partial charge in [-0.3, -0.25) is 4.79 Å². The van der Waals surface area contributed by atoms with Gasteiger partial charge in [0.1, 0.15) is 5.75 Å². The second kappa shape index (κ2) is 7.56. The second-order valence-corrected chi connectivity index (χ2v) is 7.19. The molecule has 0 radical (unpaired) electrons. The molecule has 0 bridgehead atoms. The number of aliphatic hydroxyl groups is 1. The highest BCUT2D eigenvalue weighted by Crippen LogP contribution is 2.41. The highest BCUT2D eigenvalue weighted by Gasteiger charge is 2.63. The predicted molar refractivity (Wildman–Crippen MR) is 99.8 cm³/mol. The summed E-state index contributed by atoms with van der Waals surface area (Å²) in [6.45, 7) is 0. The Morgan fingerprint density at radius 3 is 2.36 bits per heavy atom. The molecule has 1 heterocycles. The minimum absolute atomic E-state index is 0.0181. The second-order valence-electron chi connectivity index (χ2n) is 6.28. The molecule has 1 aliphatic heterocycles. The average molecular weight is 457 g/mol. The van der Waals surface area contributed by atoms with Crippen molar-refractivity contribution in [2.24, 2.45) is 5.10 Å². The first-order valence-corrected chi connectivity index (χ1v) is 9.02. The van der Waals surface area contributed by atoms with E-state index in [9.17, 15) is 23.1 Å². The fourth-order valence-corrected chi connectivity index (χ4v) is 3.09. The summed E-state index contributed by atoms with van der Waals surface area (Å²) in [6, 6.07) is 12.8. The van der Waals surface area contributed by atoms with Gasteiger partial charge in [0.2, 0.25) is 5.91 Å². The maximum Gasteiger partial charge on any atom is 0.438 e. The van der Waals surface area contributed by atoms with E-state index in [1.54, 1.807) is 48.5 Å². The van der Waals surface area contributed by atoms with Crippen molar-refractivity contribution in [3.05, 3.63) is 64.1 Å². The molecule has 1 aliphatic rings. The number of benzene rings is 2. The Bertz CT molecular complexity index is 898.